The number of hydrogen-bond donors (Lipinski definition) is 0. The molecule has 0 fully saturated rings. The maximum Gasteiger partial charge on any atom is 0.235 e. The van der Waals surface area contributed by atoms with E-state index >= 15 is 0 Å². The zero-order chi connectivity index (χ0) is 12.4. The molecule has 1 unspecified atom stereocenters. The zero-order valence-corrected chi connectivity index (χ0v) is 10.3. The van der Waals surface area contributed by atoms with Gasteiger partial charge in [0, 0.05) is 0 Å². The van der Waals surface area contributed by atoms with Crippen LogP contribution in [0.25, 0.3) is 0 Å². The van der Waals surface area contributed by atoms with Crippen LogP contribution in [0.5, 0.6) is 0 Å². The quantitative estimate of drug-likeness (QED) is 0.470. The summed E-state index contributed by atoms with van der Waals surface area (Å²) in [6.07, 6.45) is 7.32. The Balaban J connectivity index is 5.05. The summed E-state index contributed by atoms with van der Waals surface area (Å²) in [4.78, 5) is 28.6. The average Bonchev–Trinajstić information content (AvgIpc) is 2.32. The third-order valence-corrected chi connectivity index (χ3v) is 3.15. The molecular formula is C12H20N2O2. The number of isocyanates is 2. The van der Waals surface area contributed by atoms with Gasteiger partial charge in [-0.05, 0) is 19.3 Å². The van der Waals surface area contributed by atoms with E-state index in [9.17, 15) is 9.59 Å². The second kappa shape index (κ2) is 7.98. The van der Waals surface area contributed by atoms with Crippen molar-refractivity contribution in [2.75, 3.05) is 0 Å². The van der Waals surface area contributed by atoms with Crippen molar-refractivity contribution in [2.45, 2.75) is 64.5 Å². The van der Waals surface area contributed by atoms with Gasteiger partial charge in [-0.2, -0.15) is 9.98 Å². The number of aliphatic imine (C=N–C) groups is 2. The Hall–Kier alpha value is -1.24. The lowest BCUT2D eigenvalue weighted by Gasteiger charge is -2.31. The summed E-state index contributed by atoms with van der Waals surface area (Å²) in [5.74, 6) is 0. The minimum Gasteiger partial charge on any atom is -0.211 e. The fourth-order valence-electron chi connectivity index (χ4n) is 1.96. The molecule has 0 aromatic carbocycles. The monoisotopic (exact) mass is 224 g/mol. The lowest BCUT2D eigenvalue weighted by atomic mass is 9.83. The summed E-state index contributed by atoms with van der Waals surface area (Å²) in [5.41, 5.74) is -0.575. The van der Waals surface area contributed by atoms with Gasteiger partial charge in [0.05, 0.1) is 11.6 Å². The SMILES string of the molecule is CCCCC(N=C=O)C(CC)(CC)N=C=O. The Morgan fingerprint density at radius 3 is 2.12 bits per heavy atom. The van der Waals surface area contributed by atoms with Gasteiger partial charge in [-0.25, -0.2) is 9.59 Å². The molecule has 0 bridgehead atoms. The molecule has 0 heterocycles. The molecule has 0 N–H and O–H groups in total. The minimum absolute atomic E-state index is 0.249. The molecule has 16 heavy (non-hydrogen) atoms. The van der Waals surface area contributed by atoms with Gasteiger partial charge < -0.3 is 0 Å². The first kappa shape index (κ1) is 14.8. The summed E-state index contributed by atoms with van der Waals surface area (Å²) >= 11 is 0. The Bertz CT molecular complexity index is 285. The molecule has 0 saturated heterocycles. The molecule has 0 amide bonds. The van der Waals surface area contributed by atoms with E-state index in [0.717, 1.165) is 19.3 Å². The molecule has 0 rings (SSSR count). The van der Waals surface area contributed by atoms with Crippen molar-refractivity contribution >= 4 is 12.2 Å². The molecule has 0 aromatic rings. The van der Waals surface area contributed by atoms with Gasteiger partial charge in [-0.15, -0.1) is 0 Å². The van der Waals surface area contributed by atoms with E-state index in [-0.39, 0.29) is 6.04 Å². The predicted molar refractivity (Wildman–Crippen MR) is 62.9 cm³/mol. The fraction of sp³-hybridized carbons (Fsp3) is 0.833. The van der Waals surface area contributed by atoms with Gasteiger partial charge in [0.25, 0.3) is 0 Å². The topological polar surface area (TPSA) is 58.9 Å². The highest BCUT2D eigenvalue weighted by molar-refractivity contribution is 5.37. The van der Waals surface area contributed by atoms with Crippen LogP contribution in [0.4, 0.5) is 0 Å². The van der Waals surface area contributed by atoms with Crippen LogP contribution in [-0.4, -0.2) is 23.7 Å². The van der Waals surface area contributed by atoms with Crippen molar-refractivity contribution in [1.82, 2.24) is 0 Å². The predicted octanol–water partition coefficient (Wildman–Crippen LogP) is 2.78. The molecule has 4 heteroatoms. The van der Waals surface area contributed by atoms with Gasteiger partial charge in [0.1, 0.15) is 0 Å². The van der Waals surface area contributed by atoms with E-state index in [1.165, 1.54) is 0 Å². The number of unbranched alkanes of at least 4 members (excludes halogenated alkanes) is 1. The Morgan fingerprint density at radius 2 is 1.75 bits per heavy atom. The lowest BCUT2D eigenvalue weighted by molar-refractivity contribution is 0.305. The molecule has 1 atom stereocenters. The number of carbonyl (C=O) groups excluding carboxylic acids is 2. The van der Waals surface area contributed by atoms with Gasteiger partial charge in [0.15, 0.2) is 0 Å². The van der Waals surface area contributed by atoms with E-state index in [4.69, 9.17) is 0 Å². The first-order valence-corrected chi connectivity index (χ1v) is 5.86. The van der Waals surface area contributed by atoms with Crippen molar-refractivity contribution < 1.29 is 9.59 Å². The second-order valence-electron chi connectivity index (χ2n) is 3.89. The van der Waals surface area contributed by atoms with Gasteiger partial charge >= 0.3 is 0 Å². The van der Waals surface area contributed by atoms with Gasteiger partial charge in [-0.3, -0.25) is 0 Å². The van der Waals surface area contributed by atoms with Crippen LogP contribution in [-0.2, 0) is 9.59 Å². The summed E-state index contributed by atoms with van der Waals surface area (Å²) in [6.45, 7) is 5.97. The Kier molecular flexibility index (Phi) is 7.36. The molecule has 0 radical (unpaired) electrons. The van der Waals surface area contributed by atoms with Crippen molar-refractivity contribution in [2.24, 2.45) is 9.98 Å². The van der Waals surface area contributed by atoms with E-state index in [1.54, 1.807) is 12.2 Å². The van der Waals surface area contributed by atoms with Gasteiger partial charge in [0.2, 0.25) is 12.2 Å². The third kappa shape index (κ3) is 3.73. The molecule has 0 aliphatic heterocycles. The largest absolute Gasteiger partial charge is 0.235 e. The van der Waals surface area contributed by atoms with E-state index in [1.807, 2.05) is 13.8 Å². The van der Waals surface area contributed by atoms with E-state index in [0.29, 0.717) is 12.8 Å². The van der Waals surface area contributed by atoms with Crippen LogP contribution < -0.4 is 0 Å². The summed E-state index contributed by atoms with van der Waals surface area (Å²) in [7, 11) is 0. The molecule has 0 aromatic heterocycles. The van der Waals surface area contributed by atoms with Crippen LogP contribution in [0.15, 0.2) is 9.98 Å². The highest BCUT2D eigenvalue weighted by atomic mass is 16.1. The van der Waals surface area contributed by atoms with Gasteiger partial charge in [-0.1, -0.05) is 33.6 Å². The molecule has 0 saturated carbocycles. The Morgan fingerprint density at radius 1 is 1.12 bits per heavy atom. The number of hydrogen-bond acceptors (Lipinski definition) is 4. The van der Waals surface area contributed by atoms with E-state index in [2.05, 4.69) is 16.9 Å². The van der Waals surface area contributed by atoms with Crippen molar-refractivity contribution in [3.63, 3.8) is 0 Å². The van der Waals surface area contributed by atoms with Crippen molar-refractivity contribution in [3.05, 3.63) is 0 Å². The summed E-state index contributed by atoms with van der Waals surface area (Å²) < 4.78 is 0. The highest BCUT2D eigenvalue weighted by Crippen LogP contribution is 2.29. The maximum atomic E-state index is 10.5. The molecule has 0 aliphatic rings. The first-order valence-electron chi connectivity index (χ1n) is 5.86. The normalized spacial score (nSPS) is 12.4. The second-order valence-corrected chi connectivity index (χ2v) is 3.89. The van der Waals surface area contributed by atoms with Crippen LogP contribution in [0, 0.1) is 0 Å². The first-order chi connectivity index (χ1) is 7.70. The maximum absolute atomic E-state index is 10.5. The summed E-state index contributed by atoms with van der Waals surface area (Å²) in [6, 6.07) is -0.249. The molecular weight excluding hydrogens is 204 g/mol. The highest BCUT2D eigenvalue weighted by Gasteiger charge is 2.35. The van der Waals surface area contributed by atoms with Crippen LogP contribution in [0.1, 0.15) is 52.9 Å². The Labute approximate surface area is 96.9 Å². The number of rotatable bonds is 8. The van der Waals surface area contributed by atoms with Crippen molar-refractivity contribution in [1.29, 1.82) is 0 Å². The molecule has 4 nitrogen and oxygen atoms in total. The van der Waals surface area contributed by atoms with Crippen LogP contribution >= 0.6 is 0 Å². The lowest BCUT2D eigenvalue weighted by Crippen LogP contribution is -2.38. The molecule has 90 valence electrons. The third-order valence-electron chi connectivity index (χ3n) is 3.15. The smallest absolute Gasteiger partial charge is 0.211 e. The zero-order valence-electron chi connectivity index (χ0n) is 10.3. The molecule has 0 aliphatic carbocycles. The van der Waals surface area contributed by atoms with E-state index < -0.39 is 5.54 Å². The fourth-order valence-corrected chi connectivity index (χ4v) is 1.96. The molecule has 0 spiro atoms. The van der Waals surface area contributed by atoms with Crippen molar-refractivity contribution in [3.8, 4) is 0 Å². The standard InChI is InChI=1S/C12H20N2O2/c1-4-7-8-11(13-9-15)12(5-2,6-3)14-10-16/h11H,4-8H2,1-3H3. The van der Waals surface area contributed by atoms with Crippen LogP contribution in [0.3, 0.4) is 0 Å². The number of nitrogens with zero attached hydrogens (tertiary/aromatic N) is 2. The average molecular weight is 224 g/mol. The summed E-state index contributed by atoms with van der Waals surface area (Å²) in [5, 5.41) is 0. The minimum atomic E-state index is -0.575. The van der Waals surface area contributed by atoms with Crippen LogP contribution in [0.2, 0.25) is 0 Å².